The Labute approximate surface area is 118 Å². The van der Waals surface area contributed by atoms with Crippen LogP contribution in [-0.2, 0) is 4.74 Å². The van der Waals surface area contributed by atoms with Gasteiger partial charge < -0.3 is 10.1 Å². The van der Waals surface area contributed by atoms with E-state index in [1.54, 1.807) is 4.90 Å². The van der Waals surface area contributed by atoms with Crippen molar-refractivity contribution in [1.29, 1.82) is 0 Å². The quantitative estimate of drug-likeness (QED) is 0.861. The van der Waals surface area contributed by atoms with Gasteiger partial charge in [0.1, 0.15) is 0 Å². The maximum absolute atomic E-state index is 11.9. The third-order valence-corrected chi connectivity index (χ3v) is 3.65. The van der Waals surface area contributed by atoms with E-state index in [4.69, 9.17) is 16.3 Å². The number of rotatable bonds is 1. The Kier molecular flexibility index (Phi) is 5.05. The van der Waals surface area contributed by atoms with Crippen LogP contribution in [0.1, 0.15) is 24.4 Å². The molecule has 19 heavy (non-hydrogen) atoms. The maximum atomic E-state index is 11.9. The van der Waals surface area contributed by atoms with E-state index in [2.05, 4.69) is 5.32 Å². The number of amides is 1. The van der Waals surface area contributed by atoms with Crippen molar-refractivity contribution in [2.75, 3.05) is 26.7 Å². The molecule has 1 atom stereocenters. The molecule has 2 rings (SSSR count). The van der Waals surface area contributed by atoms with Gasteiger partial charge in [0.05, 0.1) is 13.2 Å². The first-order valence-electron chi connectivity index (χ1n) is 6.53. The zero-order chi connectivity index (χ0) is 13.7. The van der Waals surface area contributed by atoms with Crippen LogP contribution in [0.4, 0.5) is 4.79 Å². The van der Waals surface area contributed by atoms with Crippen molar-refractivity contribution in [3.05, 3.63) is 34.9 Å². The lowest BCUT2D eigenvalue weighted by Crippen LogP contribution is -2.41. The highest BCUT2D eigenvalue weighted by Crippen LogP contribution is 2.28. The molecule has 0 spiro atoms. The largest absolute Gasteiger partial charge is 0.453 e. The first-order valence-corrected chi connectivity index (χ1v) is 6.91. The zero-order valence-electron chi connectivity index (χ0n) is 11.1. The molecule has 1 aromatic rings. The number of hydrogen-bond donors (Lipinski definition) is 1. The molecule has 1 saturated heterocycles. The average molecular weight is 283 g/mol. The standard InChI is InChI=1S/C14H19ClN2O2/c1-19-14(18)17-10-9-16-8-2-3-13(17)11-4-6-12(15)7-5-11/h4-7,13,16H,2-3,8-10H2,1H3/t13-/m1/s1. The highest BCUT2D eigenvalue weighted by molar-refractivity contribution is 6.30. The van der Waals surface area contributed by atoms with Crippen LogP contribution in [0.2, 0.25) is 5.02 Å². The van der Waals surface area contributed by atoms with Crippen molar-refractivity contribution in [2.45, 2.75) is 18.9 Å². The van der Waals surface area contributed by atoms with E-state index < -0.39 is 0 Å². The minimum Gasteiger partial charge on any atom is -0.453 e. The van der Waals surface area contributed by atoms with Crippen LogP contribution in [0.15, 0.2) is 24.3 Å². The molecule has 1 N–H and O–H groups in total. The molecule has 1 fully saturated rings. The maximum Gasteiger partial charge on any atom is 0.410 e. The Balaban J connectivity index is 2.24. The number of benzene rings is 1. The number of nitrogens with zero attached hydrogens (tertiary/aromatic N) is 1. The van der Waals surface area contributed by atoms with Gasteiger partial charge in [-0.05, 0) is 37.1 Å². The Bertz CT molecular complexity index is 422. The molecule has 104 valence electrons. The zero-order valence-corrected chi connectivity index (χ0v) is 11.8. The lowest BCUT2D eigenvalue weighted by Gasteiger charge is -2.33. The number of carbonyl (C=O) groups is 1. The van der Waals surface area contributed by atoms with Crippen LogP contribution in [0.5, 0.6) is 0 Å². The fraction of sp³-hybridized carbons (Fsp3) is 0.500. The average Bonchev–Trinajstić information content (AvgIpc) is 2.39. The highest BCUT2D eigenvalue weighted by Gasteiger charge is 2.26. The van der Waals surface area contributed by atoms with Crippen molar-refractivity contribution in [3.63, 3.8) is 0 Å². The fourth-order valence-electron chi connectivity index (χ4n) is 2.42. The van der Waals surface area contributed by atoms with Crippen LogP contribution in [0.25, 0.3) is 0 Å². The van der Waals surface area contributed by atoms with E-state index in [0.717, 1.165) is 31.5 Å². The van der Waals surface area contributed by atoms with Crippen LogP contribution < -0.4 is 5.32 Å². The Hall–Kier alpha value is -1.26. The van der Waals surface area contributed by atoms with E-state index in [0.29, 0.717) is 11.6 Å². The molecular formula is C14H19ClN2O2. The molecule has 0 radical (unpaired) electrons. The van der Waals surface area contributed by atoms with E-state index in [9.17, 15) is 4.79 Å². The summed E-state index contributed by atoms with van der Waals surface area (Å²) in [6.07, 6.45) is 1.67. The number of halogens is 1. The summed E-state index contributed by atoms with van der Waals surface area (Å²) < 4.78 is 4.89. The van der Waals surface area contributed by atoms with Gasteiger partial charge in [0.25, 0.3) is 0 Å². The Morgan fingerprint density at radius 3 is 2.79 bits per heavy atom. The van der Waals surface area contributed by atoms with Gasteiger partial charge in [-0.2, -0.15) is 0 Å². The molecule has 1 aliphatic heterocycles. The molecule has 5 heteroatoms. The van der Waals surface area contributed by atoms with E-state index >= 15 is 0 Å². The van der Waals surface area contributed by atoms with Crippen molar-refractivity contribution >= 4 is 17.7 Å². The fourth-order valence-corrected chi connectivity index (χ4v) is 2.55. The molecule has 1 amide bonds. The lowest BCUT2D eigenvalue weighted by atomic mass is 9.99. The second-order valence-corrected chi connectivity index (χ2v) is 5.06. The third kappa shape index (κ3) is 3.61. The summed E-state index contributed by atoms with van der Waals surface area (Å²) in [6, 6.07) is 7.76. The lowest BCUT2D eigenvalue weighted by molar-refractivity contribution is 0.0989. The Morgan fingerprint density at radius 1 is 1.37 bits per heavy atom. The summed E-state index contributed by atoms with van der Waals surface area (Å²) in [5.41, 5.74) is 1.11. The summed E-state index contributed by atoms with van der Waals surface area (Å²) in [6.45, 7) is 2.43. The number of nitrogens with one attached hydrogen (secondary N) is 1. The smallest absolute Gasteiger partial charge is 0.410 e. The van der Waals surface area contributed by atoms with Gasteiger partial charge in [-0.1, -0.05) is 23.7 Å². The summed E-state index contributed by atoms with van der Waals surface area (Å²) in [7, 11) is 1.42. The van der Waals surface area contributed by atoms with Crippen molar-refractivity contribution in [3.8, 4) is 0 Å². The molecule has 0 saturated carbocycles. The SMILES string of the molecule is COC(=O)N1CCNCCC[C@@H]1c1ccc(Cl)cc1. The molecule has 0 aromatic heterocycles. The molecular weight excluding hydrogens is 264 g/mol. The molecule has 0 aliphatic carbocycles. The van der Waals surface area contributed by atoms with Crippen LogP contribution in [0.3, 0.4) is 0 Å². The predicted molar refractivity (Wildman–Crippen MR) is 75.4 cm³/mol. The van der Waals surface area contributed by atoms with Crippen LogP contribution >= 0.6 is 11.6 Å². The summed E-state index contributed by atoms with van der Waals surface area (Å²) >= 11 is 5.92. The monoisotopic (exact) mass is 282 g/mol. The van der Waals surface area contributed by atoms with Gasteiger partial charge in [0, 0.05) is 18.1 Å². The first kappa shape index (κ1) is 14.2. The van der Waals surface area contributed by atoms with Crippen molar-refractivity contribution in [2.24, 2.45) is 0 Å². The van der Waals surface area contributed by atoms with Crippen LogP contribution in [-0.4, -0.2) is 37.7 Å². The normalized spacial score (nSPS) is 20.5. The van der Waals surface area contributed by atoms with Gasteiger partial charge in [0.15, 0.2) is 0 Å². The van der Waals surface area contributed by atoms with E-state index in [1.807, 2.05) is 24.3 Å². The predicted octanol–water partition coefficient (Wildman–Crippen LogP) is 2.83. The second kappa shape index (κ2) is 6.78. The number of hydrogen-bond acceptors (Lipinski definition) is 3. The van der Waals surface area contributed by atoms with Crippen molar-refractivity contribution < 1.29 is 9.53 Å². The molecule has 1 aliphatic rings. The first-order chi connectivity index (χ1) is 9.22. The minimum atomic E-state index is -0.274. The Morgan fingerprint density at radius 2 is 2.11 bits per heavy atom. The number of ether oxygens (including phenoxy) is 1. The van der Waals surface area contributed by atoms with E-state index in [1.165, 1.54) is 7.11 Å². The third-order valence-electron chi connectivity index (χ3n) is 3.40. The molecule has 0 bridgehead atoms. The summed E-state index contributed by atoms with van der Waals surface area (Å²) in [5, 5.41) is 4.02. The topological polar surface area (TPSA) is 41.6 Å². The van der Waals surface area contributed by atoms with Crippen molar-refractivity contribution in [1.82, 2.24) is 10.2 Å². The van der Waals surface area contributed by atoms with Gasteiger partial charge >= 0.3 is 6.09 Å². The number of carbonyl (C=O) groups excluding carboxylic acids is 1. The van der Waals surface area contributed by atoms with Gasteiger partial charge in [-0.15, -0.1) is 0 Å². The van der Waals surface area contributed by atoms with E-state index in [-0.39, 0.29) is 12.1 Å². The second-order valence-electron chi connectivity index (χ2n) is 4.62. The molecule has 1 aromatic carbocycles. The van der Waals surface area contributed by atoms with Gasteiger partial charge in [-0.25, -0.2) is 4.79 Å². The van der Waals surface area contributed by atoms with Crippen LogP contribution in [0, 0.1) is 0 Å². The highest BCUT2D eigenvalue weighted by atomic mass is 35.5. The molecule has 0 unspecified atom stereocenters. The number of methoxy groups -OCH3 is 1. The minimum absolute atomic E-state index is 0.0619. The van der Waals surface area contributed by atoms with Gasteiger partial charge in [-0.3, -0.25) is 4.90 Å². The van der Waals surface area contributed by atoms with Gasteiger partial charge in [0.2, 0.25) is 0 Å². The molecule has 4 nitrogen and oxygen atoms in total. The summed E-state index contributed by atoms with van der Waals surface area (Å²) in [4.78, 5) is 13.7. The molecule has 1 heterocycles. The summed E-state index contributed by atoms with van der Waals surface area (Å²) in [5.74, 6) is 0.